The van der Waals surface area contributed by atoms with Crippen LogP contribution in [0.1, 0.15) is 33.2 Å². The lowest BCUT2D eigenvalue weighted by Gasteiger charge is -2.07. The van der Waals surface area contributed by atoms with E-state index in [0.29, 0.717) is 17.7 Å². The molecule has 3 rings (SSSR count). The number of rotatable bonds is 4. The van der Waals surface area contributed by atoms with Crippen LogP contribution in [0.2, 0.25) is 0 Å². The molecular formula is C17H13IN2O3. The molecule has 0 fully saturated rings. The highest BCUT2D eigenvalue weighted by Crippen LogP contribution is 2.24. The second-order valence-corrected chi connectivity index (χ2v) is 6.00. The fraction of sp³-hybridized carbons (Fsp3) is 0.118. The molecule has 0 N–H and O–H groups in total. The van der Waals surface area contributed by atoms with Crippen molar-refractivity contribution >= 4 is 40.6 Å². The maximum Gasteiger partial charge on any atom is 0.282 e. The molecule has 0 radical (unpaired) electrons. The van der Waals surface area contributed by atoms with Gasteiger partial charge in [-0.15, -0.1) is 0 Å². The number of carbonyl (C=O) groups excluding carboxylic acids is 2. The first-order valence-corrected chi connectivity index (χ1v) is 8.14. The number of nitrogens with zero attached hydrogens (tertiary/aromatic N) is 2. The van der Waals surface area contributed by atoms with Crippen LogP contribution in [-0.2, 0) is 0 Å². The van der Waals surface area contributed by atoms with Gasteiger partial charge in [-0.05, 0) is 65.4 Å². The van der Waals surface area contributed by atoms with Crippen LogP contribution in [0.4, 0.5) is 0 Å². The van der Waals surface area contributed by atoms with Gasteiger partial charge in [-0.25, -0.2) is 0 Å². The van der Waals surface area contributed by atoms with Gasteiger partial charge in [-0.2, -0.15) is 10.1 Å². The smallest absolute Gasteiger partial charge is 0.282 e. The van der Waals surface area contributed by atoms with Gasteiger partial charge in [0.1, 0.15) is 5.75 Å². The van der Waals surface area contributed by atoms with Gasteiger partial charge in [0, 0.05) is 0 Å². The summed E-state index contributed by atoms with van der Waals surface area (Å²) in [6, 6.07) is 12.3. The zero-order valence-corrected chi connectivity index (χ0v) is 14.5. The number of imide groups is 1. The first-order chi connectivity index (χ1) is 11.1. The molecule has 116 valence electrons. The van der Waals surface area contributed by atoms with Crippen LogP contribution in [0.5, 0.6) is 5.75 Å². The van der Waals surface area contributed by atoms with E-state index in [-0.39, 0.29) is 0 Å². The Morgan fingerprint density at radius 3 is 2.35 bits per heavy atom. The maximum atomic E-state index is 12.2. The van der Waals surface area contributed by atoms with Crippen molar-refractivity contribution in [2.45, 2.75) is 6.92 Å². The Kier molecular flexibility index (Phi) is 4.42. The molecule has 5 nitrogen and oxygen atoms in total. The van der Waals surface area contributed by atoms with Crippen LogP contribution >= 0.6 is 22.6 Å². The van der Waals surface area contributed by atoms with Crippen molar-refractivity contribution in [2.24, 2.45) is 5.10 Å². The second kappa shape index (κ2) is 6.49. The number of ether oxygens (including phenoxy) is 1. The van der Waals surface area contributed by atoms with E-state index in [0.717, 1.165) is 19.9 Å². The molecule has 0 atom stereocenters. The lowest BCUT2D eigenvalue weighted by molar-refractivity contribution is 0.0660. The molecule has 0 saturated carbocycles. The molecule has 2 aromatic carbocycles. The number of hydrogen-bond acceptors (Lipinski definition) is 4. The Bertz CT molecular complexity index is 782. The van der Waals surface area contributed by atoms with Crippen LogP contribution in [-0.4, -0.2) is 29.6 Å². The molecule has 1 aliphatic heterocycles. The number of amides is 2. The van der Waals surface area contributed by atoms with E-state index in [9.17, 15) is 9.59 Å². The van der Waals surface area contributed by atoms with Gasteiger partial charge >= 0.3 is 0 Å². The van der Waals surface area contributed by atoms with Crippen LogP contribution in [0.3, 0.4) is 0 Å². The van der Waals surface area contributed by atoms with Crippen LogP contribution in [0.15, 0.2) is 47.6 Å². The highest BCUT2D eigenvalue weighted by Gasteiger charge is 2.35. The number of halogens is 1. The summed E-state index contributed by atoms with van der Waals surface area (Å²) < 4.78 is 6.42. The SMILES string of the molecule is CCOc1ccc(/C=N\N2C(=O)c3ccccc3C2=O)cc1I. The van der Waals surface area contributed by atoms with Gasteiger partial charge in [0.15, 0.2) is 0 Å². The Hall–Kier alpha value is -2.22. The third kappa shape index (κ3) is 2.98. The molecule has 1 aliphatic rings. The number of fused-ring (bicyclic) bond motifs is 1. The lowest BCUT2D eigenvalue weighted by atomic mass is 10.1. The van der Waals surface area contributed by atoms with Crippen molar-refractivity contribution < 1.29 is 14.3 Å². The molecular weight excluding hydrogens is 407 g/mol. The highest BCUT2D eigenvalue weighted by molar-refractivity contribution is 14.1. The van der Waals surface area contributed by atoms with Crippen molar-refractivity contribution in [2.75, 3.05) is 6.61 Å². The fourth-order valence-electron chi connectivity index (χ4n) is 2.28. The van der Waals surface area contributed by atoms with E-state index in [1.807, 2.05) is 25.1 Å². The third-order valence-corrected chi connectivity index (χ3v) is 4.19. The van der Waals surface area contributed by atoms with Crippen LogP contribution in [0.25, 0.3) is 0 Å². The zero-order chi connectivity index (χ0) is 16.4. The molecule has 2 amide bonds. The molecule has 2 aromatic rings. The predicted molar refractivity (Wildman–Crippen MR) is 94.9 cm³/mol. The van der Waals surface area contributed by atoms with E-state index in [1.165, 1.54) is 6.21 Å². The Labute approximate surface area is 147 Å². The minimum absolute atomic E-state index is 0.385. The molecule has 0 unspecified atom stereocenters. The van der Waals surface area contributed by atoms with Gasteiger partial charge in [0.25, 0.3) is 11.8 Å². The third-order valence-electron chi connectivity index (χ3n) is 3.35. The minimum atomic E-state index is -0.400. The van der Waals surface area contributed by atoms with E-state index in [1.54, 1.807) is 24.3 Å². The number of benzene rings is 2. The summed E-state index contributed by atoms with van der Waals surface area (Å²) >= 11 is 2.17. The summed E-state index contributed by atoms with van der Waals surface area (Å²) in [6.07, 6.45) is 1.50. The number of carbonyl (C=O) groups is 2. The van der Waals surface area contributed by atoms with E-state index in [4.69, 9.17) is 4.74 Å². The van der Waals surface area contributed by atoms with Gasteiger partial charge in [-0.1, -0.05) is 12.1 Å². The molecule has 1 heterocycles. The first-order valence-electron chi connectivity index (χ1n) is 7.06. The molecule has 0 saturated heterocycles. The Balaban J connectivity index is 1.83. The Morgan fingerprint density at radius 2 is 1.78 bits per heavy atom. The first kappa shape index (κ1) is 15.7. The van der Waals surface area contributed by atoms with E-state index >= 15 is 0 Å². The molecule has 0 bridgehead atoms. The van der Waals surface area contributed by atoms with Crippen molar-refractivity contribution in [3.63, 3.8) is 0 Å². The van der Waals surface area contributed by atoms with Crippen LogP contribution < -0.4 is 4.74 Å². The van der Waals surface area contributed by atoms with Crippen LogP contribution in [0, 0.1) is 3.57 Å². The van der Waals surface area contributed by atoms with E-state index < -0.39 is 11.8 Å². The molecule has 6 heteroatoms. The van der Waals surface area contributed by atoms with Crippen molar-refractivity contribution in [3.8, 4) is 5.75 Å². The highest BCUT2D eigenvalue weighted by atomic mass is 127. The summed E-state index contributed by atoms with van der Waals surface area (Å²) in [5.74, 6) is -0.00375. The van der Waals surface area contributed by atoms with Crippen molar-refractivity contribution in [1.82, 2.24) is 5.01 Å². The quantitative estimate of drug-likeness (QED) is 0.433. The normalized spacial score (nSPS) is 13.7. The predicted octanol–water partition coefficient (Wildman–Crippen LogP) is 3.32. The fourth-order valence-corrected chi connectivity index (χ4v) is 2.97. The van der Waals surface area contributed by atoms with E-state index in [2.05, 4.69) is 27.7 Å². The topological polar surface area (TPSA) is 59.0 Å². The summed E-state index contributed by atoms with van der Waals surface area (Å²) in [4.78, 5) is 24.4. The summed E-state index contributed by atoms with van der Waals surface area (Å²) in [5.41, 5.74) is 1.56. The van der Waals surface area contributed by atoms with Crippen molar-refractivity contribution in [1.29, 1.82) is 0 Å². The van der Waals surface area contributed by atoms with Gasteiger partial charge in [0.2, 0.25) is 0 Å². The molecule has 23 heavy (non-hydrogen) atoms. The monoisotopic (exact) mass is 420 g/mol. The molecule has 0 spiro atoms. The molecule has 0 aromatic heterocycles. The summed E-state index contributed by atoms with van der Waals surface area (Å²) in [7, 11) is 0. The zero-order valence-electron chi connectivity index (χ0n) is 12.3. The summed E-state index contributed by atoms with van der Waals surface area (Å²) in [6.45, 7) is 2.52. The van der Waals surface area contributed by atoms with Gasteiger partial charge in [0.05, 0.1) is 27.5 Å². The standard InChI is InChI=1S/C17H13IN2O3/c1-2-23-15-8-7-11(9-14(15)18)10-19-20-16(21)12-5-3-4-6-13(12)17(20)22/h3-10H,2H2,1H3/b19-10-. The minimum Gasteiger partial charge on any atom is -0.493 e. The Morgan fingerprint density at radius 1 is 1.13 bits per heavy atom. The number of hydrogen-bond donors (Lipinski definition) is 0. The van der Waals surface area contributed by atoms with Gasteiger partial charge in [-0.3, -0.25) is 9.59 Å². The maximum absolute atomic E-state index is 12.2. The van der Waals surface area contributed by atoms with Crippen molar-refractivity contribution in [3.05, 3.63) is 62.7 Å². The summed E-state index contributed by atoms with van der Waals surface area (Å²) in [5, 5.41) is 4.95. The average Bonchev–Trinajstić information content (AvgIpc) is 2.80. The lowest BCUT2D eigenvalue weighted by Crippen LogP contribution is -2.24. The average molecular weight is 420 g/mol. The molecule has 0 aliphatic carbocycles. The van der Waals surface area contributed by atoms with Gasteiger partial charge < -0.3 is 4.74 Å². The second-order valence-electron chi connectivity index (χ2n) is 4.84. The largest absolute Gasteiger partial charge is 0.493 e. The number of hydrazone groups is 1.